The van der Waals surface area contributed by atoms with Gasteiger partial charge in [0, 0.05) is 51.2 Å². The Morgan fingerprint density at radius 1 is 0.359 bits per heavy atom. The Morgan fingerprint density at radius 2 is 0.474 bits per heavy atom. The van der Waals surface area contributed by atoms with Crippen LogP contribution in [0.3, 0.4) is 0 Å². The van der Waals surface area contributed by atoms with Gasteiger partial charge in [0.2, 0.25) is 0 Å². The maximum Gasteiger partial charge on any atom is 3.00 e. The second kappa shape index (κ2) is 38.7. The molecule has 0 saturated heterocycles. The number of hydroxylamine groups is 8. The molecule has 0 aromatic rings. The van der Waals surface area contributed by atoms with Gasteiger partial charge in [-0.25, -0.2) is 19.2 Å². The zero-order chi connectivity index (χ0) is 61.5. The van der Waals surface area contributed by atoms with E-state index in [-0.39, 0.29) is 98.8 Å². The fraction of sp³-hybridized carbons (Fsp3) is 0.667. The summed E-state index contributed by atoms with van der Waals surface area (Å²) in [6.07, 6.45) is -19.5. The van der Waals surface area contributed by atoms with Crippen molar-refractivity contribution < 1.29 is 210 Å². The minimum absolute atomic E-state index is 0. The van der Waals surface area contributed by atoms with E-state index in [1.54, 1.807) is 0 Å². The average molecular weight is 1350 g/mol. The van der Waals surface area contributed by atoms with E-state index in [1.165, 1.54) is 27.7 Å². The maximum absolute atomic E-state index is 11.3. The second-order valence-electron chi connectivity index (χ2n) is 15.4. The van der Waals surface area contributed by atoms with Crippen LogP contribution in [-0.4, -0.2) is 300 Å². The molecule has 0 aliphatic carbocycles. The summed E-state index contributed by atoms with van der Waals surface area (Å²) in [5, 5.41) is 151. The molecule has 2 radical (unpaired) electrons. The van der Waals surface area contributed by atoms with Crippen LogP contribution < -0.4 is 71.8 Å². The first-order valence-electron chi connectivity index (χ1n) is 19.8. The van der Waals surface area contributed by atoms with Crippen LogP contribution in [0.2, 0.25) is 0 Å². The molecule has 42 heteroatoms. The van der Waals surface area contributed by atoms with E-state index in [1.807, 2.05) is 0 Å². The molecule has 36 nitrogen and oxygen atoms in total. The predicted octanol–water partition coefficient (Wildman–Crippen LogP) is -16.9. The number of rotatable bonds is 28. The molecule has 0 bridgehead atoms. The number of thiol groups is 4. The Hall–Kier alpha value is -2.99. The number of likely N-dealkylation sites (N-methyl/N-ethyl adjacent to an activating group) is 4. The van der Waals surface area contributed by atoms with E-state index >= 15 is 0 Å². The topological polar surface area (TPSA) is 590 Å². The molecule has 78 heavy (non-hydrogen) atoms. The normalized spacial score (nSPS) is 16.9. The van der Waals surface area contributed by atoms with Gasteiger partial charge in [0.25, 0.3) is 0 Å². The zero-order valence-electron chi connectivity index (χ0n) is 42.0. The maximum atomic E-state index is 11.3. The van der Waals surface area contributed by atoms with E-state index in [4.69, 9.17) is 61.3 Å². The van der Waals surface area contributed by atoms with Gasteiger partial charge in [-0.3, -0.25) is 19.2 Å². The quantitative estimate of drug-likeness (QED) is 0.0196. The largest absolute Gasteiger partial charge is 3.00 e. The van der Waals surface area contributed by atoms with Gasteiger partial charge in [0.15, 0.2) is 46.6 Å². The molecule has 0 amide bonds. The molecule has 12 N–H and O–H groups in total. The summed E-state index contributed by atoms with van der Waals surface area (Å²) in [7, 11) is 4.33. The number of aliphatic carboxylic acids is 8. The monoisotopic (exact) mass is 1340 g/mol. The van der Waals surface area contributed by atoms with Gasteiger partial charge < -0.3 is 120 Å². The van der Waals surface area contributed by atoms with Gasteiger partial charge in [-0.1, -0.05) is 0 Å². The molecule has 0 saturated carbocycles. The van der Waals surface area contributed by atoms with E-state index in [9.17, 15) is 78.0 Å². The molecule has 12 atom stereocenters. The van der Waals surface area contributed by atoms with Crippen LogP contribution in [-0.2, 0) is 76.9 Å². The van der Waals surface area contributed by atoms with Crippen molar-refractivity contribution in [3.8, 4) is 0 Å². The third-order valence-electron chi connectivity index (χ3n) is 9.89. The van der Waals surface area contributed by atoms with Crippen LogP contribution in [0.25, 0.3) is 0 Å². The van der Waals surface area contributed by atoms with Crippen LogP contribution in [0.5, 0.6) is 0 Å². The van der Waals surface area contributed by atoms with Crippen LogP contribution >= 0.6 is 50.5 Å². The van der Waals surface area contributed by atoms with Crippen molar-refractivity contribution in [1.82, 2.24) is 20.3 Å². The van der Waals surface area contributed by atoms with Gasteiger partial charge in [0.1, 0.15) is 24.4 Å². The average Bonchev–Trinajstić information content (AvgIpc) is 3.35. The summed E-state index contributed by atoms with van der Waals surface area (Å²) < 4.78 is 0. The van der Waals surface area contributed by atoms with Gasteiger partial charge in [0.05, 0.1) is 23.9 Å². The summed E-state index contributed by atoms with van der Waals surface area (Å²) in [4.78, 5) is 148. The molecule has 0 aliphatic heterocycles. The number of carbonyl (C=O) groups excluding carboxylic acids is 8. The number of aliphatic hydroxyl groups is 8. The van der Waals surface area contributed by atoms with Crippen molar-refractivity contribution in [3.05, 3.63) is 0 Å². The van der Waals surface area contributed by atoms with Crippen LogP contribution in [0, 0.1) is 0 Å². The Labute approximate surface area is 522 Å². The van der Waals surface area contributed by atoms with Crippen molar-refractivity contribution in [2.45, 2.75) is 98.7 Å². The van der Waals surface area contributed by atoms with Gasteiger partial charge in [-0.05, 0) is 27.7 Å². The van der Waals surface area contributed by atoms with E-state index in [2.05, 4.69) is 69.9 Å². The molecule has 0 heterocycles. The number of nitrogens with zero attached hydrogens (tertiary/aromatic N) is 4. The van der Waals surface area contributed by atoms with Crippen LogP contribution in [0.1, 0.15) is 27.7 Å². The molecule has 0 aromatic carbocycles. The molecule has 442 valence electrons. The molecular weight excluding hydrogens is 1290 g/mol. The second-order valence-corrected chi connectivity index (χ2v) is 16.7. The van der Waals surface area contributed by atoms with Crippen molar-refractivity contribution in [2.75, 3.05) is 51.2 Å². The Bertz CT molecular complexity index is 1800. The molecule has 0 spiro atoms. The van der Waals surface area contributed by atoms with Gasteiger partial charge >= 0.3 is 124 Å². The summed E-state index contributed by atoms with van der Waals surface area (Å²) in [5.74, 6) is -20.7. The van der Waals surface area contributed by atoms with Crippen molar-refractivity contribution in [2.24, 2.45) is 0 Å². The smallest absolute Gasteiger partial charge is 0.547 e. The number of carbonyl (C=O) groups is 12. The Morgan fingerprint density at radius 3 is 0.551 bits per heavy atom. The fourth-order valence-corrected chi connectivity index (χ4v) is 4.74. The van der Waals surface area contributed by atoms with Crippen LogP contribution in [0.4, 0.5) is 0 Å². The SMILES string of the molecule is CN(OC(=O)C(O)C(O)C(=O)[O-])[C@@](C)(CS)C(=O)O.CN(OC(=O)C(O)C(O)C(=O)[O-])[C@@](C)(CS)C(=O)O.CN(OC(=O)C(O)C(O)C(=O)[O-])[C@@](C)(CS)C(=O)O.CN(OC(=O)C(O)C(O)C(=O)[O-])[C@@](C)(CS)C(=O)O.[K+].[Sb+3]. The van der Waals surface area contributed by atoms with Crippen molar-refractivity contribution in [3.63, 3.8) is 0 Å². The minimum atomic E-state index is -2.48. The third kappa shape index (κ3) is 25.9. The predicted molar refractivity (Wildman–Crippen MR) is 249 cm³/mol. The summed E-state index contributed by atoms with van der Waals surface area (Å²) in [6, 6.07) is 0. The first-order valence-corrected chi connectivity index (χ1v) is 22.3. The minimum Gasteiger partial charge on any atom is -0.547 e. The van der Waals surface area contributed by atoms with Gasteiger partial charge in [-0.2, -0.15) is 50.5 Å². The van der Waals surface area contributed by atoms with Gasteiger partial charge in [-0.15, -0.1) is 20.3 Å². The number of hydrogen-bond acceptors (Lipinski definition) is 36. The first-order chi connectivity index (χ1) is 34.3. The van der Waals surface area contributed by atoms with E-state index in [0.29, 0.717) is 20.3 Å². The van der Waals surface area contributed by atoms with Crippen molar-refractivity contribution in [1.29, 1.82) is 0 Å². The standard InChI is InChI=1S/4C9H15NO8S.K.Sb/c4*1-9(3-19,8(16)17)10(2)18-7(15)5(12)4(11)6(13)14;;/h4*4-5,11-12,19H,3H2,1-2H3,(H,13,14)(H,16,17);;/q;;;;+1;+3/p-4/t4*4?,5?,9-;;/m0000../s1. The number of aliphatic hydroxyl groups excluding tert-OH is 8. The zero-order valence-corrected chi connectivity index (χ0v) is 51.3. The Balaban J connectivity index is -0.000000220. The number of hydrogen-bond donors (Lipinski definition) is 16. The molecule has 0 aromatic heterocycles. The molecule has 0 aliphatic rings. The van der Waals surface area contributed by atoms with E-state index < -0.39 is 143 Å². The summed E-state index contributed by atoms with van der Waals surface area (Å²) in [6.45, 7) is 4.77. The summed E-state index contributed by atoms with van der Waals surface area (Å²) in [5.41, 5.74) is -6.76. The fourth-order valence-electron chi connectivity index (χ4n) is 3.40. The first kappa shape index (κ1) is 86.3. The van der Waals surface area contributed by atoms with Crippen LogP contribution in [0.15, 0.2) is 0 Å². The number of carboxylic acid groups (broad SMARTS) is 8. The van der Waals surface area contributed by atoms with Crippen molar-refractivity contribution >= 4 is 147 Å². The summed E-state index contributed by atoms with van der Waals surface area (Å²) >= 11 is 15.2. The molecule has 0 rings (SSSR count). The molecular formula is C36H56KN4O32S4Sb. The van der Waals surface area contributed by atoms with E-state index in [0.717, 1.165) is 28.2 Å². The molecule has 0 fully saturated rings. The third-order valence-corrected chi connectivity index (χ3v) is 12.4. The number of carboxylic acids is 8. The Kier molecular flexibility index (Phi) is 42.8. The molecule has 8 unspecified atom stereocenters.